The maximum atomic E-state index is 4.26. The van der Waals surface area contributed by atoms with Gasteiger partial charge in [0, 0.05) is 37.6 Å². The Hall–Kier alpha value is -0.930. The molecule has 3 heterocycles. The summed E-state index contributed by atoms with van der Waals surface area (Å²) < 4.78 is 0. The SMILES string of the molecule is Cc1cncc(CNC2CCN3CCCCC23)c1. The van der Waals surface area contributed by atoms with E-state index in [0.29, 0.717) is 6.04 Å². The highest BCUT2D eigenvalue weighted by atomic mass is 15.2. The third-order valence-corrected chi connectivity index (χ3v) is 4.36. The molecule has 2 saturated heterocycles. The van der Waals surface area contributed by atoms with Gasteiger partial charge in [-0.15, -0.1) is 0 Å². The molecule has 98 valence electrons. The van der Waals surface area contributed by atoms with Crippen molar-refractivity contribution in [3.63, 3.8) is 0 Å². The van der Waals surface area contributed by atoms with Crippen molar-refractivity contribution in [2.45, 2.75) is 51.2 Å². The summed E-state index contributed by atoms with van der Waals surface area (Å²) in [5.41, 5.74) is 2.56. The molecule has 0 saturated carbocycles. The van der Waals surface area contributed by atoms with E-state index in [0.717, 1.165) is 12.6 Å². The molecule has 0 aliphatic carbocycles. The number of hydrogen-bond donors (Lipinski definition) is 1. The Morgan fingerprint density at radius 1 is 1.28 bits per heavy atom. The lowest BCUT2D eigenvalue weighted by atomic mass is 9.99. The highest BCUT2D eigenvalue weighted by molar-refractivity contribution is 5.16. The van der Waals surface area contributed by atoms with Crippen LogP contribution in [0.4, 0.5) is 0 Å². The van der Waals surface area contributed by atoms with Gasteiger partial charge in [-0.25, -0.2) is 0 Å². The Morgan fingerprint density at radius 2 is 2.22 bits per heavy atom. The van der Waals surface area contributed by atoms with Gasteiger partial charge in [-0.1, -0.05) is 12.5 Å². The second kappa shape index (κ2) is 5.37. The summed E-state index contributed by atoms with van der Waals surface area (Å²) in [4.78, 5) is 6.94. The second-order valence-corrected chi connectivity index (χ2v) is 5.75. The Balaban J connectivity index is 1.57. The molecule has 1 N–H and O–H groups in total. The summed E-state index contributed by atoms with van der Waals surface area (Å²) in [6.07, 6.45) is 9.39. The van der Waals surface area contributed by atoms with Crippen LogP contribution in [-0.4, -0.2) is 35.1 Å². The largest absolute Gasteiger partial charge is 0.308 e. The van der Waals surface area contributed by atoms with Gasteiger partial charge in [-0.3, -0.25) is 9.88 Å². The number of nitrogens with zero attached hydrogens (tertiary/aromatic N) is 2. The minimum Gasteiger partial charge on any atom is -0.308 e. The van der Waals surface area contributed by atoms with Gasteiger partial charge in [-0.2, -0.15) is 0 Å². The number of fused-ring (bicyclic) bond motifs is 1. The minimum atomic E-state index is 0.686. The maximum absolute atomic E-state index is 4.26. The number of aromatic nitrogens is 1. The lowest BCUT2D eigenvalue weighted by Gasteiger charge is -2.32. The summed E-state index contributed by atoms with van der Waals surface area (Å²) >= 11 is 0. The summed E-state index contributed by atoms with van der Waals surface area (Å²) in [5, 5.41) is 3.74. The van der Waals surface area contributed by atoms with Crippen LogP contribution in [0.3, 0.4) is 0 Å². The molecule has 2 aliphatic rings. The van der Waals surface area contributed by atoms with Gasteiger partial charge < -0.3 is 5.32 Å². The Bertz CT molecular complexity index is 404. The molecular formula is C15H23N3. The van der Waals surface area contributed by atoms with E-state index in [2.05, 4.69) is 28.2 Å². The van der Waals surface area contributed by atoms with Gasteiger partial charge in [0.05, 0.1) is 0 Å². The van der Waals surface area contributed by atoms with E-state index < -0.39 is 0 Å². The number of nitrogens with one attached hydrogen (secondary N) is 1. The highest BCUT2D eigenvalue weighted by Gasteiger charge is 2.34. The standard InChI is InChI=1S/C15H23N3/c1-12-8-13(10-16-9-12)11-17-14-5-7-18-6-3-2-4-15(14)18/h8-10,14-15,17H,2-7,11H2,1H3. The lowest BCUT2D eigenvalue weighted by molar-refractivity contribution is 0.180. The summed E-state index contributed by atoms with van der Waals surface area (Å²) in [7, 11) is 0. The van der Waals surface area contributed by atoms with Crippen molar-refractivity contribution >= 4 is 0 Å². The molecule has 1 aromatic rings. The van der Waals surface area contributed by atoms with Crippen molar-refractivity contribution in [1.82, 2.24) is 15.2 Å². The number of aryl methyl sites for hydroxylation is 1. The molecule has 3 nitrogen and oxygen atoms in total. The minimum absolute atomic E-state index is 0.686. The number of pyridine rings is 1. The predicted octanol–water partition coefficient (Wildman–Crippen LogP) is 2.11. The van der Waals surface area contributed by atoms with E-state index in [-0.39, 0.29) is 0 Å². The quantitative estimate of drug-likeness (QED) is 0.884. The van der Waals surface area contributed by atoms with Crippen LogP contribution in [0.15, 0.2) is 18.5 Å². The van der Waals surface area contributed by atoms with Crippen LogP contribution in [0.25, 0.3) is 0 Å². The number of rotatable bonds is 3. The van der Waals surface area contributed by atoms with Crippen molar-refractivity contribution < 1.29 is 0 Å². The van der Waals surface area contributed by atoms with Gasteiger partial charge in [0.2, 0.25) is 0 Å². The zero-order valence-electron chi connectivity index (χ0n) is 11.2. The third-order valence-electron chi connectivity index (χ3n) is 4.36. The van der Waals surface area contributed by atoms with Crippen molar-refractivity contribution in [2.24, 2.45) is 0 Å². The van der Waals surface area contributed by atoms with E-state index in [1.807, 2.05) is 12.4 Å². The summed E-state index contributed by atoms with van der Waals surface area (Å²) in [6.45, 7) is 5.67. The molecule has 18 heavy (non-hydrogen) atoms. The average Bonchev–Trinajstić information content (AvgIpc) is 2.80. The van der Waals surface area contributed by atoms with E-state index in [1.165, 1.54) is 49.9 Å². The predicted molar refractivity (Wildman–Crippen MR) is 73.4 cm³/mol. The molecule has 3 heteroatoms. The third kappa shape index (κ3) is 2.57. The zero-order valence-corrected chi connectivity index (χ0v) is 11.2. The molecular weight excluding hydrogens is 222 g/mol. The Morgan fingerprint density at radius 3 is 3.11 bits per heavy atom. The maximum Gasteiger partial charge on any atom is 0.0313 e. The van der Waals surface area contributed by atoms with Crippen molar-refractivity contribution in [1.29, 1.82) is 0 Å². The van der Waals surface area contributed by atoms with Crippen LogP contribution >= 0.6 is 0 Å². The monoisotopic (exact) mass is 245 g/mol. The molecule has 3 rings (SSSR count). The lowest BCUT2D eigenvalue weighted by Crippen LogP contribution is -2.44. The van der Waals surface area contributed by atoms with Crippen molar-refractivity contribution in [3.05, 3.63) is 29.6 Å². The molecule has 0 amide bonds. The van der Waals surface area contributed by atoms with Gasteiger partial charge in [0.25, 0.3) is 0 Å². The fraction of sp³-hybridized carbons (Fsp3) is 0.667. The summed E-state index contributed by atoms with van der Waals surface area (Å²) in [5.74, 6) is 0. The Kier molecular flexibility index (Phi) is 3.62. The van der Waals surface area contributed by atoms with Crippen molar-refractivity contribution in [3.8, 4) is 0 Å². The van der Waals surface area contributed by atoms with Crippen LogP contribution in [0.1, 0.15) is 36.8 Å². The molecule has 0 aromatic carbocycles. The molecule has 2 aliphatic heterocycles. The van der Waals surface area contributed by atoms with Gasteiger partial charge in [-0.05, 0) is 43.9 Å². The van der Waals surface area contributed by atoms with Crippen LogP contribution in [-0.2, 0) is 6.54 Å². The molecule has 2 fully saturated rings. The molecule has 2 atom stereocenters. The molecule has 0 bridgehead atoms. The van der Waals surface area contributed by atoms with E-state index >= 15 is 0 Å². The van der Waals surface area contributed by atoms with Crippen LogP contribution in [0.2, 0.25) is 0 Å². The normalized spacial score (nSPS) is 28.3. The summed E-state index contributed by atoms with van der Waals surface area (Å²) in [6, 6.07) is 3.70. The van der Waals surface area contributed by atoms with E-state index in [4.69, 9.17) is 0 Å². The first-order valence-electron chi connectivity index (χ1n) is 7.21. The molecule has 0 spiro atoms. The van der Waals surface area contributed by atoms with E-state index in [9.17, 15) is 0 Å². The van der Waals surface area contributed by atoms with Gasteiger partial charge in [0.1, 0.15) is 0 Å². The van der Waals surface area contributed by atoms with Crippen LogP contribution in [0.5, 0.6) is 0 Å². The molecule has 1 aromatic heterocycles. The average molecular weight is 245 g/mol. The van der Waals surface area contributed by atoms with Gasteiger partial charge >= 0.3 is 0 Å². The molecule has 2 unspecified atom stereocenters. The van der Waals surface area contributed by atoms with E-state index in [1.54, 1.807) is 0 Å². The fourth-order valence-electron chi connectivity index (χ4n) is 3.45. The first kappa shape index (κ1) is 12.1. The van der Waals surface area contributed by atoms with Crippen molar-refractivity contribution in [2.75, 3.05) is 13.1 Å². The zero-order chi connectivity index (χ0) is 12.4. The molecule has 0 radical (unpaired) electrons. The van der Waals surface area contributed by atoms with Crippen LogP contribution < -0.4 is 5.32 Å². The van der Waals surface area contributed by atoms with Gasteiger partial charge in [0.15, 0.2) is 0 Å². The number of piperidine rings is 1. The highest BCUT2D eigenvalue weighted by Crippen LogP contribution is 2.27. The first-order chi connectivity index (χ1) is 8.83. The second-order valence-electron chi connectivity index (χ2n) is 5.75. The first-order valence-corrected chi connectivity index (χ1v) is 7.21. The topological polar surface area (TPSA) is 28.2 Å². The van der Waals surface area contributed by atoms with Crippen LogP contribution in [0, 0.1) is 6.92 Å². The smallest absolute Gasteiger partial charge is 0.0313 e. The Labute approximate surface area is 110 Å². The fourth-order valence-corrected chi connectivity index (χ4v) is 3.45. The number of hydrogen-bond acceptors (Lipinski definition) is 3.